The van der Waals surface area contributed by atoms with Crippen molar-refractivity contribution >= 4 is 27.5 Å². The molecule has 0 N–H and O–H groups in total. The fraction of sp³-hybridized carbons (Fsp3) is 0.538. The van der Waals surface area contributed by atoms with Crippen LogP contribution in [0.3, 0.4) is 0 Å². The topological polar surface area (TPSA) is 9.23 Å². The maximum atomic E-state index is 6.09. The normalized spacial score (nSPS) is 16.8. The van der Waals surface area contributed by atoms with Gasteiger partial charge in [-0.25, -0.2) is 0 Å². The maximum absolute atomic E-state index is 6.09. The highest BCUT2D eigenvalue weighted by atomic mass is 79.9. The minimum Gasteiger partial charge on any atom is -0.365 e. The van der Waals surface area contributed by atoms with Gasteiger partial charge in [-0.1, -0.05) is 53.2 Å². The highest BCUT2D eigenvalue weighted by molar-refractivity contribution is 9.09. The molecule has 2 atom stereocenters. The Morgan fingerprint density at radius 2 is 2.00 bits per heavy atom. The van der Waals surface area contributed by atoms with Crippen molar-refractivity contribution in [1.29, 1.82) is 0 Å². The van der Waals surface area contributed by atoms with E-state index >= 15 is 0 Å². The Morgan fingerprint density at radius 1 is 1.38 bits per heavy atom. The van der Waals surface area contributed by atoms with Crippen LogP contribution in [0.4, 0.5) is 0 Å². The lowest BCUT2D eigenvalue weighted by Gasteiger charge is -2.30. The molecule has 0 bridgehead atoms. The van der Waals surface area contributed by atoms with E-state index in [2.05, 4.69) is 35.0 Å². The zero-order chi connectivity index (χ0) is 12.0. The fourth-order valence-corrected chi connectivity index (χ4v) is 2.21. The highest BCUT2D eigenvalue weighted by Gasteiger charge is 2.26. The minimum absolute atomic E-state index is 0.113. The summed E-state index contributed by atoms with van der Waals surface area (Å²) in [6.07, 6.45) is 1.06. The SMILES string of the molecule is CCC(OC(C)(CCl)CBr)c1ccccc1. The molecule has 16 heavy (non-hydrogen) atoms. The van der Waals surface area contributed by atoms with Gasteiger partial charge in [0.05, 0.1) is 17.6 Å². The van der Waals surface area contributed by atoms with Crippen LogP contribution < -0.4 is 0 Å². The number of hydrogen-bond acceptors (Lipinski definition) is 1. The molecule has 0 radical (unpaired) electrons. The molecule has 0 heterocycles. The Bertz CT molecular complexity index is 298. The summed E-state index contributed by atoms with van der Waals surface area (Å²) < 4.78 is 6.09. The molecular weight excluding hydrogens is 287 g/mol. The first-order chi connectivity index (χ1) is 7.65. The van der Waals surface area contributed by atoms with E-state index in [1.807, 2.05) is 25.1 Å². The molecule has 1 rings (SSSR count). The molecule has 0 saturated heterocycles. The summed E-state index contributed by atoms with van der Waals surface area (Å²) in [6.45, 7) is 4.15. The number of ether oxygens (including phenoxy) is 1. The van der Waals surface area contributed by atoms with E-state index in [0.717, 1.165) is 11.8 Å². The molecule has 0 fully saturated rings. The van der Waals surface area contributed by atoms with Crippen molar-refractivity contribution in [2.24, 2.45) is 0 Å². The molecule has 2 unspecified atom stereocenters. The lowest BCUT2D eigenvalue weighted by Crippen LogP contribution is -2.34. The number of hydrogen-bond donors (Lipinski definition) is 0. The van der Waals surface area contributed by atoms with Crippen LogP contribution in [0.2, 0.25) is 0 Å². The Kier molecular flexibility index (Phi) is 5.81. The van der Waals surface area contributed by atoms with Gasteiger partial charge in [0, 0.05) is 5.33 Å². The Hall–Kier alpha value is -0.0500. The van der Waals surface area contributed by atoms with E-state index in [1.165, 1.54) is 5.56 Å². The second-order valence-corrected chi connectivity index (χ2v) is 4.97. The number of alkyl halides is 2. The average Bonchev–Trinajstić information content (AvgIpc) is 2.36. The Morgan fingerprint density at radius 3 is 2.44 bits per heavy atom. The molecule has 3 heteroatoms. The molecule has 0 aliphatic heterocycles. The maximum Gasteiger partial charge on any atom is 0.0893 e. The zero-order valence-electron chi connectivity index (χ0n) is 9.75. The summed E-state index contributed by atoms with van der Waals surface area (Å²) in [6, 6.07) is 10.3. The van der Waals surface area contributed by atoms with Crippen molar-refractivity contribution in [1.82, 2.24) is 0 Å². The van der Waals surface area contributed by atoms with Crippen molar-refractivity contribution in [2.45, 2.75) is 32.0 Å². The zero-order valence-corrected chi connectivity index (χ0v) is 12.1. The van der Waals surface area contributed by atoms with Gasteiger partial charge in [0.15, 0.2) is 0 Å². The largest absolute Gasteiger partial charge is 0.365 e. The molecule has 0 aliphatic rings. The van der Waals surface area contributed by atoms with Gasteiger partial charge >= 0.3 is 0 Å². The van der Waals surface area contributed by atoms with E-state index in [9.17, 15) is 0 Å². The molecule has 1 nitrogen and oxygen atoms in total. The molecule has 1 aromatic rings. The van der Waals surface area contributed by atoms with Gasteiger partial charge in [-0.2, -0.15) is 0 Å². The van der Waals surface area contributed by atoms with Crippen LogP contribution in [0.15, 0.2) is 30.3 Å². The van der Waals surface area contributed by atoms with E-state index in [-0.39, 0.29) is 11.7 Å². The molecular formula is C13H18BrClO. The van der Waals surface area contributed by atoms with Gasteiger partial charge in [0.2, 0.25) is 0 Å². The predicted molar refractivity (Wildman–Crippen MR) is 73.5 cm³/mol. The van der Waals surface area contributed by atoms with Crippen LogP contribution in [0.1, 0.15) is 31.9 Å². The van der Waals surface area contributed by atoms with Crippen LogP contribution in [0.5, 0.6) is 0 Å². The van der Waals surface area contributed by atoms with Crippen molar-refractivity contribution < 1.29 is 4.74 Å². The summed E-state index contributed by atoms with van der Waals surface area (Å²) in [5, 5.41) is 0.743. The van der Waals surface area contributed by atoms with Gasteiger partial charge in [-0.15, -0.1) is 11.6 Å². The lowest BCUT2D eigenvalue weighted by molar-refractivity contribution is -0.0570. The second kappa shape index (κ2) is 6.63. The molecule has 0 aromatic heterocycles. The summed E-state index contributed by atoms with van der Waals surface area (Å²) in [7, 11) is 0. The van der Waals surface area contributed by atoms with Crippen LogP contribution in [0, 0.1) is 0 Å². The van der Waals surface area contributed by atoms with Crippen molar-refractivity contribution in [3.63, 3.8) is 0 Å². The average molecular weight is 306 g/mol. The van der Waals surface area contributed by atoms with Crippen LogP contribution in [0.25, 0.3) is 0 Å². The van der Waals surface area contributed by atoms with Gasteiger partial charge in [-0.3, -0.25) is 0 Å². The fourth-order valence-electron chi connectivity index (χ4n) is 1.50. The molecule has 0 saturated carbocycles. The Labute approximate surface area is 111 Å². The van der Waals surface area contributed by atoms with E-state index in [1.54, 1.807) is 0 Å². The first-order valence-corrected chi connectivity index (χ1v) is 7.15. The molecule has 0 amide bonds. The summed E-state index contributed by atoms with van der Waals surface area (Å²) in [5.41, 5.74) is 0.903. The van der Waals surface area contributed by atoms with Gasteiger partial charge in [0.25, 0.3) is 0 Å². The second-order valence-electron chi connectivity index (χ2n) is 4.14. The minimum atomic E-state index is -0.307. The number of benzene rings is 1. The van der Waals surface area contributed by atoms with Crippen LogP contribution >= 0.6 is 27.5 Å². The van der Waals surface area contributed by atoms with Crippen molar-refractivity contribution in [2.75, 3.05) is 11.2 Å². The summed E-state index contributed by atoms with van der Waals surface area (Å²) in [4.78, 5) is 0. The van der Waals surface area contributed by atoms with Crippen molar-refractivity contribution in [3.8, 4) is 0 Å². The summed E-state index contributed by atoms with van der Waals surface area (Å²) in [5.74, 6) is 0.488. The molecule has 1 aromatic carbocycles. The van der Waals surface area contributed by atoms with Crippen molar-refractivity contribution in [3.05, 3.63) is 35.9 Å². The van der Waals surface area contributed by atoms with Crippen LogP contribution in [-0.2, 0) is 4.74 Å². The number of halogens is 2. The smallest absolute Gasteiger partial charge is 0.0893 e. The van der Waals surface area contributed by atoms with Gasteiger partial charge in [0.1, 0.15) is 0 Å². The first kappa shape index (κ1) is 14.0. The molecule has 0 aliphatic carbocycles. The summed E-state index contributed by atoms with van der Waals surface area (Å²) >= 11 is 9.40. The lowest BCUT2D eigenvalue weighted by atomic mass is 10.1. The number of rotatable bonds is 6. The third-order valence-electron chi connectivity index (χ3n) is 2.53. The standard InChI is InChI=1S/C13H18BrClO/c1-3-12(11-7-5-4-6-8-11)16-13(2,9-14)10-15/h4-8,12H,3,9-10H2,1-2H3. The predicted octanol–water partition coefficient (Wildman–Crippen LogP) is 4.55. The Balaban J connectivity index is 2.77. The quantitative estimate of drug-likeness (QED) is 0.701. The third-order valence-corrected chi connectivity index (χ3v) is 4.29. The van der Waals surface area contributed by atoms with Crippen LogP contribution in [-0.4, -0.2) is 16.8 Å². The molecule has 90 valence electrons. The molecule has 0 spiro atoms. The monoisotopic (exact) mass is 304 g/mol. The van der Waals surface area contributed by atoms with Gasteiger partial charge in [-0.05, 0) is 18.9 Å². The third kappa shape index (κ3) is 3.76. The van der Waals surface area contributed by atoms with E-state index in [0.29, 0.717) is 5.88 Å². The van der Waals surface area contributed by atoms with E-state index in [4.69, 9.17) is 16.3 Å². The first-order valence-electron chi connectivity index (χ1n) is 5.50. The van der Waals surface area contributed by atoms with E-state index < -0.39 is 0 Å². The van der Waals surface area contributed by atoms with Gasteiger partial charge < -0.3 is 4.74 Å². The highest BCUT2D eigenvalue weighted by Crippen LogP contribution is 2.28.